The van der Waals surface area contributed by atoms with E-state index < -0.39 is 10.0 Å². The summed E-state index contributed by atoms with van der Waals surface area (Å²) in [7, 11) is -3.54. The summed E-state index contributed by atoms with van der Waals surface area (Å²) in [5.41, 5.74) is 0. The molecule has 2 heterocycles. The molecule has 8 heteroatoms. The van der Waals surface area contributed by atoms with Crippen LogP contribution in [0.15, 0.2) is 52.0 Å². The van der Waals surface area contributed by atoms with Gasteiger partial charge in [-0.05, 0) is 43.3 Å². The smallest absolute Gasteiger partial charge is 0.243 e. The summed E-state index contributed by atoms with van der Waals surface area (Å²) in [4.78, 5) is 14.3. The first-order valence-electron chi connectivity index (χ1n) is 8.53. The topological polar surface area (TPSA) is 80.1 Å². The van der Waals surface area contributed by atoms with Crippen molar-refractivity contribution in [2.45, 2.75) is 11.8 Å². The van der Waals surface area contributed by atoms with Gasteiger partial charge < -0.3 is 9.15 Å². The van der Waals surface area contributed by atoms with Gasteiger partial charge in [-0.3, -0.25) is 9.69 Å². The van der Waals surface area contributed by atoms with Crippen molar-refractivity contribution in [1.29, 1.82) is 0 Å². The Labute approximate surface area is 153 Å². The normalized spacial score (nSPS) is 16.5. The van der Waals surface area contributed by atoms with Crippen LogP contribution in [-0.2, 0) is 10.0 Å². The lowest BCUT2D eigenvalue weighted by molar-refractivity contribution is 0.0874. The van der Waals surface area contributed by atoms with Crippen LogP contribution in [0.1, 0.15) is 17.5 Å². The molecule has 3 rings (SSSR count). The number of Topliss-reactive ketones (excluding diaryl/α,β-unsaturated/α-hetero) is 1. The Morgan fingerprint density at radius 1 is 1.12 bits per heavy atom. The first kappa shape index (κ1) is 18.6. The summed E-state index contributed by atoms with van der Waals surface area (Å²) < 4.78 is 37.4. The number of sulfonamides is 1. The average molecular weight is 378 g/mol. The van der Waals surface area contributed by atoms with Gasteiger partial charge in [0.1, 0.15) is 5.75 Å². The molecule has 1 aliphatic rings. The van der Waals surface area contributed by atoms with E-state index in [1.807, 2.05) is 11.8 Å². The predicted molar refractivity (Wildman–Crippen MR) is 95.8 cm³/mol. The monoisotopic (exact) mass is 378 g/mol. The molecule has 0 radical (unpaired) electrons. The van der Waals surface area contributed by atoms with E-state index in [1.165, 1.54) is 10.6 Å². The van der Waals surface area contributed by atoms with Crippen molar-refractivity contribution >= 4 is 15.8 Å². The molecule has 0 saturated carbocycles. The molecule has 0 bridgehead atoms. The van der Waals surface area contributed by atoms with Gasteiger partial charge in [-0.25, -0.2) is 8.42 Å². The van der Waals surface area contributed by atoms with E-state index in [4.69, 9.17) is 9.15 Å². The predicted octanol–water partition coefficient (Wildman–Crippen LogP) is 1.87. The second kappa shape index (κ2) is 8.03. The molecule has 0 unspecified atom stereocenters. The highest BCUT2D eigenvalue weighted by Crippen LogP contribution is 2.21. The highest BCUT2D eigenvalue weighted by molar-refractivity contribution is 7.89. The Morgan fingerprint density at radius 2 is 1.81 bits per heavy atom. The number of piperazine rings is 1. The quantitative estimate of drug-likeness (QED) is 0.685. The number of nitrogens with zero attached hydrogens (tertiary/aromatic N) is 2. The van der Waals surface area contributed by atoms with E-state index in [-0.39, 0.29) is 17.2 Å². The molecular formula is C18H22N2O5S. The summed E-state index contributed by atoms with van der Waals surface area (Å²) in [5.74, 6) is 0.875. The third kappa shape index (κ3) is 4.14. The lowest BCUT2D eigenvalue weighted by Gasteiger charge is -2.33. The van der Waals surface area contributed by atoms with Gasteiger partial charge in [-0.2, -0.15) is 4.31 Å². The standard InChI is InChI=1S/C18H22N2O5S/c1-2-24-15-5-7-16(8-6-15)26(22,23)20-11-9-19(10-12-20)14-17(21)18-4-3-13-25-18/h3-8,13H,2,9-12,14H2,1H3. The summed E-state index contributed by atoms with van der Waals surface area (Å²) in [6.07, 6.45) is 1.47. The van der Waals surface area contributed by atoms with Crippen molar-refractivity contribution in [2.24, 2.45) is 0 Å². The molecular weight excluding hydrogens is 356 g/mol. The Bertz CT molecular complexity index is 823. The van der Waals surface area contributed by atoms with E-state index in [0.29, 0.717) is 44.3 Å². The third-order valence-corrected chi connectivity index (χ3v) is 6.18. The molecule has 1 fully saturated rings. The molecule has 0 aliphatic carbocycles. The van der Waals surface area contributed by atoms with Crippen LogP contribution in [-0.4, -0.2) is 62.7 Å². The molecule has 1 aromatic carbocycles. The maximum atomic E-state index is 12.8. The minimum Gasteiger partial charge on any atom is -0.494 e. The molecule has 1 saturated heterocycles. The summed E-state index contributed by atoms with van der Waals surface area (Å²) in [6.45, 7) is 4.34. The first-order valence-corrected chi connectivity index (χ1v) is 9.97. The van der Waals surface area contributed by atoms with Crippen LogP contribution in [0.4, 0.5) is 0 Å². The highest BCUT2D eigenvalue weighted by Gasteiger charge is 2.29. The maximum Gasteiger partial charge on any atom is 0.243 e. The molecule has 26 heavy (non-hydrogen) atoms. The largest absolute Gasteiger partial charge is 0.494 e. The Morgan fingerprint density at radius 3 is 2.38 bits per heavy atom. The van der Waals surface area contributed by atoms with E-state index in [9.17, 15) is 13.2 Å². The Hall–Kier alpha value is -2.16. The molecule has 0 spiro atoms. The summed E-state index contributed by atoms with van der Waals surface area (Å²) in [6, 6.07) is 9.76. The van der Waals surface area contributed by atoms with Crippen molar-refractivity contribution in [3.8, 4) is 5.75 Å². The van der Waals surface area contributed by atoms with E-state index >= 15 is 0 Å². The van der Waals surface area contributed by atoms with Gasteiger partial charge in [0.2, 0.25) is 15.8 Å². The number of hydrogen-bond acceptors (Lipinski definition) is 6. The fraction of sp³-hybridized carbons (Fsp3) is 0.389. The Kier molecular flexibility index (Phi) is 5.75. The zero-order chi connectivity index (χ0) is 18.6. The van der Waals surface area contributed by atoms with E-state index in [0.717, 1.165) is 0 Å². The van der Waals surface area contributed by atoms with Crippen molar-refractivity contribution in [3.63, 3.8) is 0 Å². The van der Waals surface area contributed by atoms with Crippen molar-refractivity contribution in [2.75, 3.05) is 39.3 Å². The van der Waals surface area contributed by atoms with Crippen LogP contribution in [0.25, 0.3) is 0 Å². The molecule has 0 amide bonds. The Balaban J connectivity index is 1.58. The van der Waals surface area contributed by atoms with Crippen LogP contribution in [0.3, 0.4) is 0 Å². The zero-order valence-corrected chi connectivity index (χ0v) is 15.4. The summed E-state index contributed by atoms with van der Waals surface area (Å²) in [5, 5.41) is 0. The van der Waals surface area contributed by atoms with Crippen LogP contribution in [0.5, 0.6) is 5.75 Å². The van der Waals surface area contributed by atoms with Crippen LogP contribution >= 0.6 is 0 Å². The van der Waals surface area contributed by atoms with Gasteiger partial charge in [0.15, 0.2) is 5.76 Å². The molecule has 1 aromatic heterocycles. The first-order chi connectivity index (χ1) is 12.5. The molecule has 0 N–H and O–H groups in total. The molecule has 1 aliphatic heterocycles. The number of benzene rings is 1. The van der Waals surface area contributed by atoms with Crippen LogP contribution in [0.2, 0.25) is 0 Å². The number of carbonyl (C=O) groups excluding carboxylic acids is 1. The minimum atomic E-state index is -3.54. The lowest BCUT2D eigenvalue weighted by atomic mass is 10.2. The van der Waals surface area contributed by atoms with Crippen LogP contribution in [0, 0.1) is 0 Å². The van der Waals surface area contributed by atoms with Crippen molar-refractivity contribution in [3.05, 3.63) is 48.4 Å². The van der Waals surface area contributed by atoms with Crippen molar-refractivity contribution < 1.29 is 22.4 Å². The molecule has 0 atom stereocenters. The number of hydrogen-bond donors (Lipinski definition) is 0. The number of ketones is 1. The second-order valence-electron chi connectivity index (χ2n) is 5.99. The minimum absolute atomic E-state index is 0.0992. The number of carbonyl (C=O) groups is 1. The number of ether oxygens (including phenoxy) is 1. The van der Waals surface area contributed by atoms with Gasteiger partial charge in [0, 0.05) is 26.2 Å². The average Bonchev–Trinajstić information content (AvgIpc) is 3.18. The zero-order valence-electron chi connectivity index (χ0n) is 14.6. The summed E-state index contributed by atoms with van der Waals surface area (Å²) >= 11 is 0. The molecule has 7 nitrogen and oxygen atoms in total. The fourth-order valence-corrected chi connectivity index (χ4v) is 4.29. The maximum absolute atomic E-state index is 12.8. The van der Waals surface area contributed by atoms with Gasteiger partial charge in [0.05, 0.1) is 24.3 Å². The third-order valence-electron chi connectivity index (χ3n) is 4.27. The van der Waals surface area contributed by atoms with E-state index in [1.54, 1.807) is 36.4 Å². The van der Waals surface area contributed by atoms with Gasteiger partial charge in [0.25, 0.3) is 0 Å². The fourth-order valence-electron chi connectivity index (χ4n) is 2.87. The van der Waals surface area contributed by atoms with Gasteiger partial charge in [-0.15, -0.1) is 0 Å². The lowest BCUT2D eigenvalue weighted by Crippen LogP contribution is -2.49. The number of furan rings is 1. The molecule has 140 valence electrons. The highest BCUT2D eigenvalue weighted by atomic mass is 32.2. The van der Waals surface area contributed by atoms with Crippen molar-refractivity contribution in [1.82, 2.24) is 9.21 Å². The van der Waals surface area contributed by atoms with Crippen LogP contribution < -0.4 is 4.74 Å². The van der Waals surface area contributed by atoms with Gasteiger partial charge in [-0.1, -0.05) is 0 Å². The second-order valence-corrected chi connectivity index (χ2v) is 7.92. The number of rotatable bonds is 7. The van der Waals surface area contributed by atoms with E-state index in [2.05, 4.69) is 0 Å². The SMILES string of the molecule is CCOc1ccc(S(=O)(=O)N2CCN(CC(=O)c3ccco3)CC2)cc1. The van der Waals surface area contributed by atoms with Gasteiger partial charge >= 0.3 is 0 Å². The molecule has 2 aromatic rings.